The number of nitrogens with zero attached hydrogens (tertiary/aromatic N) is 2. The first kappa shape index (κ1) is 17.3. The van der Waals surface area contributed by atoms with Crippen LogP contribution in [0, 0.1) is 5.82 Å². The second kappa shape index (κ2) is 6.57. The molecule has 0 atom stereocenters. The van der Waals surface area contributed by atoms with E-state index in [1.165, 1.54) is 6.07 Å². The summed E-state index contributed by atoms with van der Waals surface area (Å²) < 4.78 is 54.4. The number of halogens is 5. The molecule has 2 aromatic rings. The van der Waals surface area contributed by atoms with Gasteiger partial charge in [0.1, 0.15) is 12.1 Å². The Morgan fingerprint density at radius 1 is 1.39 bits per heavy atom. The molecule has 0 radical (unpaired) electrons. The standard InChI is InChI=1S/C14H12ClF4N3O/c1-2-5-20-13(23)11-12(14(17,18)19)22(7-21-11)10-4-3-8(15)6-9(10)16/h3-4,6-7H,2,5H2,1H3,(H,20,23). The summed E-state index contributed by atoms with van der Waals surface area (Å²) in [5.74, 6) is -1.92. The Bertz CT molecular complexity index is 727. The van der Waals surface area contributed by atoms with Crippen molar-refractivity contribution in [2.24, 2.45) is 0 Å². The zero-order valence-electron chi connectivity index (χ0n) is 11.9. The molecule has 0 unspecified atom stereocenters. The third-order valence-electron chi connectivity index (χ3n) is 2.96. The minimum absolute atomic E-state index is 0.0424. The number of rotatable bonds is 4. The highest BCUT2D eigenvalue weighted by Gasteiger charge is 2.41. The average molecular weight is 350 g/mol. The molecule has 0 fully saturated rings. The highest BCUT2D eigenvalue weighted by atomic mass is 35.5. The molecule has 0 aliphatic rings. The van der Waals surface area contributed by atoms with Crippen LogP contribution in [-0.2, 0) is 6.18 Å². The SMILES string of the molecule is CCCNC(=O)c1ncn(-c2ccc(Cl)cc2F)c1C(F)(F)F. The maximum Gasteiger partial charge on any atom is 0.434 e. The van der Waals surface area contributed by atoms with Crippen molar-refractivity contribution in [2.45, 2.75) is 19.5 Å². The molecular weight excluding hydrogens is 338 g/mol. The molecule has 124 valence electrons. The molecule has 9 heteroatoms. The van der Waals surface area contributed by atoms with E-state index in [0.717, 1.165) is 18.5 Å². The summed E-state index contributed by atoms with van der Waals surface area (Å²) in [6.45, 7) is 1.96. The van der Waals surface area contributed by atoms with Crippen LogP contribution in [0.3, 0.4) is 0 Å². The zero-order valence-corrected chi connectivity index (χ0v) is 12.7. The van der Waals surface area contributed by atoms with E-state index in [2.05, 4.69) is 10.3 Å². The van der Waals surface area contributed by atoms with E-state index in [1.807, 2.05) is 0 Å². The smallest absolute Gasteiger partial charge is 0.351 e. The van der Waals surface area contributed by atoms with Gasteiger partial charge in [-0.25, -0.2) is 9.37 Å². The van der Waals surface area contributed by atoms with Gasteiger partial charge in [-0.15, -0.1) is 0 Å². The van der Waals surface area contributed by atoms with Crippen LogP contribution in [0.1, 0.15) is 29.5 Å². The van der Waals surface area contributed by atoms with E-state index < -0.39 is 35.0 Å². The number of imidazole rings is 1. The second-order valence-electron chi connectivity index (χ2n) is 4.66. The van der Waals surface area contributed by atoms with Gasteiger partial charge in [0.25, 0.3) is 5.91 Å². The van der Waals surface area contributed by atoms with Gasteiger partial charge in [-0.1, -0.05) is 18.5 Å². The summed E-state index contributed by atoms with van der Waals surface area (Å²) >= 11 is 5.60. The Morgan fingerprint density at radius 2 is 2.09 bits per heavy atom. The predicted octanol–water partition coefficient (Wildman–Crippen LogP) is 3.82. The number of carbonyl (C=O) groups is 1. The lowest BCUT2D eigenvalue weighted by Gasteiger charge is -2.13. The van der Waals surface area contributed by atoms with Gasteiger partial charge in [-0.05, 0) is 24.6 Å². The number of aromatic nitrogens is 2. The number of benzene rings is 1. The van der Waals surface area contributed by atoms with Crippen molar-refractivity contribution >= 4 is 17.5 Å². The van der Waals surface area contributed by atoms with E-state index in [0.29, 0.717) is 11.0 Å². The van der Waals surface area contributed by atoms with E-state index in [1.54, 1.807) is 6.92 Å². The van der Waals surface area contributed by atoms with Crippen molar-refractivity contribution in [3.8, 4) is 5.69 Å². The van der Waals surface area contributed by atoms with Crippen LogP contribution in [0.2, 0.25) is 5.02 Å². The summed E-state index contributed by atoms with van der Waals surface area (Å²) in [7, 11) is 0. The second-order valence-corrected chi connectivity index (χ2v) is 5.10. The van der Waals surface area contributed by atoms with Crippen LogP contribution in [0.5, 0.6) is 0 Å². The Labute approximate surface area is 134 Å². The van der Waals surface area contributed by atoms with Crippen molar-refractivity contribution in [1.82, 2.24) is 14.9 Å². The molecule has 23 heavy (non-hydrogen) atoms. The first-order valence-corrected chi connectivity index (χ1v) is 7.01. The third-order valence-corrected chi connectivity index (χ3v) is 3.19. The molecule has 0 spiro atoms. The topological polar surface area (TPSA) is 46.9 Å². The molecule has 1 heterocycles. The molecule has 0 aliphatic carbocycles. The van der Waals surface area contributed by atoms with Gasteiger partial charge in [0.2, 0.25) is 0 Å². The van der Waals surface area contributed by atoms with Gasteiger partial charge in [0.05, 0.1) is 5.69 Å². The van der Waals surface area contributed by atoms with Crippen LogP contribution in [0.4, 0.5) is 17.6 Å². The molecule has 1 aromatic heterocycles. The largest absolute Gasteiger partial charge is 0.434 e. The molecule has 0 saturated heterocycles. The molecule has 0 saturated carbocycles. The summed E-state index contributed by atoms with van der Waals surface area (Å²) in [6, 6.07) is 3.22. The molecular formula is C14H12ClF4N3O. The van der Waals surface area contributed by atoms with Crippen LogP contribution in [0.25, 0.3) is 5.69 Å². The Morgan fingerprint density at radius 3 is 2.65 bits per heavy atom. The van der Waals surface area contributed by atoms with Crippen molar-refractivity contribution in [2.75, 3.05) is 6.54 Å². The van der Waals surface area contributed by atoms with E-state index in [9.17, 15) is 22.4 Å². The van der Waals surface area contributed by atoms with Crippen LogP contribution < -0.4 is 5.32 Å². The van der Waals surface area contributed by atoms with Crippen LogP contribution >= 0.6 is 11.6 Å². The van der Waals surface area contributed by atoms with Crippen molar-refractivity contribution < 1.29 is 22.4 Å². The van der Waals surface area contributed by atoms with E-state index in [4.69, 9.17) is 11.6 Å². The normalized spacial score (nSPS) is 11.6. The van der Waals surface area contributed by atoms with Crippen LogP contribution in [0.15, 0.2) is 24.5 Å². The molecule has 2 rings (SSSR count). The van der Waals surface area contributed by atoms with Gasteiger partial charge in [0, 0.05) is 11.6 Å². The molecule has 0 aliphatic heterocycles. The molecule has 0 bridgehead atoms. The van der Waals surface area contributed by atoms with Gasteiger partial charge in [0.15, 0.2) is 11.4 Å². The summed E-state index contributed by atoms with van der Waals surface area (Å²) in [6.07, 6.45) is -3.57. The molecule has 1 aromatic carbocycles. The fraction of sp³-hybridized carbons (Fsp3) is 0.286. The predicted molar refractivity (Wildman–Crippen MR) is 76.2 cm³/mol. The Balaban J connectivity index is 2.57. The summed E-state index contributed by atoms with van der Waals surface area (Å²) in [5.41, 5.74) is -2.55. The quantitative estimate of drug-likeness (QED) is 0.853. The average Bonchev–Trinajstić information content (AvgIpc) is 2.89. The lowest BCUT2D eigenvalue weighted by Crippen LogP contribution is -2.27. The third kappa shape index (κ3) is 3.64. The first-order chi connectivity index (χ1) is 10.8. The molecule has 1 amide bonds. The maximum atomic E-state index is 13.9. The van der Waals surface area contributed by atoms with Gasteiger partial charge in [-0.2, -0.15) is 13.2 Å². The number of hydrogen-bond donors (Lipinski definition) is 1. The lowest BCUT2D eigenvalue weighted by atomic mass is 10.2. The minimum Gasteiger partial charge on any atom is -0.351 e. The lowest BCUT2D eigenvalue weighted by molar-refractivity contribution is -0.142. The van der Waals surface area contributed by atoms with Crippen molar-refractivity contribution in [1.29, 1.82) is 0 Å². The number of nitrogens with one attached hydrogen (secondary N) is 1. The fourth-order valence-corrected chi connectivity index (χ4v) is 2.13. The van der Waals surface area contributed by atoms with Crippen LogP contribution in [-0.4, -0.2) is 22.0 Å². The Hall–Kier alpha value is -2.09. The number of amides is 1. The fourth-order valence-electron chi connectivity index (χ4n) is 1.97. The first-order valence-electron chi connectivity index (χ1n) is 6.63. The minimum atomic E-state index is -4.89. The number of hydrogen-bond acceptors (Lipinski definition) is 2. The highest BCUT2D eigenvalue weighted by molar-refractivity contribution is 6.30. The van der Waals surface area contributed by atoms with E-state index in [-0.39, 0.29) is 11.6 Å². The number of carbonyl (C=O) groups excluding carboxylic acids is 1. The monoisotopic (exact) mass is 349 g/mol. The van der Waals surface area contributed by atoms with E-state index >= 15 is 0 Å². The molecule has 4 nitrogen and oxygen atoms in total. The summed E-state index contributed by atoms with van der Waals surface area (Å²) in [5, 5.41) is 2.36. The highest BCUT2D eigenvalue weighted by Crippen LogP contribution is 2.34. The van der Waals surface area contributed by atoms with Crippen molar-refractivity contribution in [3.63, 3.8) is 0 Å². The van der Waals surface area contributed by atoms with Gasteiger partial charge in [-0.3, -0.25) is 9.36 Å². The maximum absolute atomic E-state index is 13.9. The summed E-state index contributed by atoms with van der Waals surface area (Å²) in [4.78, 5) is 15.4. The Kier molecular flexibility index (Phi) is 4.93. The zero-order chi connectivity index (χ0) is 17.2. The molecule has 1 N–H and O–H groups in total. The van der Waals surface area contributed by atoms with Crippen molar-refractivity contribution in [3.05, 3.63) is 46.8 Å². The number of alkyl halides is 3. The van der Waals surface area contributed by atoms with Gasteiger partial charge >= 0.3 is 6.18 Å². The van der Waals surface area contributed by atoms with Gasteiger partial charge < -0.3 is 5.32 Å².